The van der Waals surface area contributed by atoms with Gasteiger partial charge in [0.25, 0.3) is 0 Å². The summed E-state index contributed by atoms with van der Waals surface area (Å²) in [4.78, 5) is 15.6. The van der Waals surface area contributed by atoms with E-state index in [0.717, 1.165) is 29.6 Å². The maximum atomic E-state index is 11.1. The molecule has 18 heavy (non-hydrogen) atoms. The molecule has 1 heterocycles. The van der Waals surface area contributed by atoms with E-state index < -0.39 is 0 Å². The first kappa shape index (κ1) is 12.5. The maximum Gasteiger partial charge on any atom is 0.308 e. The van der Waals surface area contributed by atoms with Crippen LogP contribution in [0.2, 0.25) is 0 Å². The molecular formula is C14H16N2O2. The van der Waals surface area contributed by atoms with Crippen molar-refractivity contribution in [2.24, 2.45) is 0 Å². The Kier molecular flexibility index (Phi) is 3.89. The predicted octanol–water partition coefficient (Wildman–Crippen LogP) is 1.92. The van der Waals surface area contributed by atoms with Crippen LogP contribution in [-0.2, 0) is 11.2 Å². The lowest BCUT2D eigenvalue weighted by molar-refractivity contribution is -0.131. The topological polar surface area (TPSA) is 51.2 Å². The fraction of sp³-hybridized carbons (Fsp3) is 0.286. The van der Waals surface area contributed by atoms with Gasteiger partial charge < -0.3 is 10.1 Å². The molecule has 0 bridgehead atoms. The lowest BCUT2D eigenvalue weighted by Gasteiger charge is -2.07. The van der Waals surface area contributed by atoms with Crippen LogP contribution < -0.4 is 10.1 Å². The fourth-order valence-electron chi connectivity index (χ4n) is 1.79. The van der Waals surface area contributed by atoms with Gasteiger partial charge in [-0.1, -0.05) is 18.2 Å². The van der Waals surface area contributed by atoms with Gasteiger partial charge in [0, 0.05) is 31.0 Å². The number of ether oxygens (including phenoxy) is 1. The Morgan fingerprint density at radius 3 is 2.89 bits per heavy atom. The SMILES string of the molecule is CNCCc1ccc2cccc(OC(C)=O)c2n1. The van der Waals surface area contributed by atoms with E-state index in [1.807, 2.05) is 31.3 Å². The molecule has 4 heteroatoms. The Labute approximate surface area is 106 Å². The number of carbonyl (C=O) groups excluding carboxylic acids is 1. The third-order valence-corrected chi connectivity index (χ3v) is 2.63. The highest BCUT2D eigenvalue weighted by atomic mass is 16.5. The molecule has 0 saturated carbocycles. The van der Waals surface area contributed by atoms with E-state index in [1.54, 1.807) is 6.07 Å². The lowest BCUT2D eigenvalue weighted by Crippen LogP contribution is -2.11. The van der Waals surface area contributed by atoms with Gasteiger partial charge >= 0.3 is 5.97 Å². The predicted molar refractivity (Wildman–Crippen MR) is 70.7 cm³/mol. The smallest absolute Gasteiger partial charge is 0.308 e. The van der Waals surface area contributed by atoms with E-state index in [0.29, 0.717) is 5.75 Å². The number of nitrogens with zero attached hydrogens (tertiary/aromatic N) is 1. The number of rotatable bonds is 4. The average Bonchev–Trinajstić information content (AvgIpc) is 2.36. The van der Waals surface area contributed by atoms with Crippen LogP contribution in [0, 0.1) is 0 Å². The maximum absolute atomic E-state index is 11.1. The summed E-state index contributed by atoms with van der Waals surface area (Å²) >= 11 is 0. The van der Waals surface area contributed by atoms with Gasteiger partial charge in [-0.25, -0.2) is 4.98 Å². The quantitative estimate of drug-likeness (QED) is 0.659. The van der Waals surface area contributed by atoms with Gasteiger partial charge in [-0.05, 0) is 19.2 Å². The summed E-state index contributed by atoms with van der Waals surface area (Å²) in [5.74, 6) is 0.191. The summed E-state index contributed by atoms with van der Waals surface area (Å²) in [6.45, 7) is 2.26. The van der Waals surface area contributed by atoms with Crippen molar-refractivity contribution in [1.29, 1.82) is 0 Å². The van der Waals surface area contributed by atoms with Gasteiger partial charge in [0.05, 0.1) is 0 Å². The number of benzene rings is 1. The summed E-state index contributed by atoms with van der Waals surface area (Å²) < 4.78 is 5.17. The molecule has 0 fully saturated rings. The minimum atomic E-state index is -0.329. The average molecular weight is 244 g/mol. The van der Waals surface area contributed by atoms with E-state index in [9.17, 15) is 4.79 Å². The molecule has 0 amide bonds. The van der Waals surface area contributed by atoms with E-state index in [4.69, 9.17) is 4.74 Å². The van der Waals surface area contributed by atoms with Gasteiger partial charge in [0.15, 0.2) is 5.75 Å². The van der Waals surface area contributed by atoms with Crippen molar-refractivity contribution in [3.63, 3.8) is 0 Å². The monoisotopic (exact) mass is 244 g/mol. The number of esters is 1. The Morgan fingerprint density at radius 2 is 2.17 bits per heavy atom. The van der Waals surface area contributed by atoms with Crippen LogP contribution in [0.15, 0.2) is 30.3 Å². The van der Waals surface area contributed by atoms with Crippen LogP contribution in [0.1, 0.15) is 12.6 Å². The summed E-state index contributed by atoms with van der Waals surface area (Å²) in [7, 11) is 1.91. The summed E-state index contributed by atoms with van der Waals surface area (Å²) in [6.07, 6.45) is 0.848. The number of likely N-dealkylation sites (N-methyl/N-ethyl adjacent to an activating group) is 1. The zero-order valence-electron chi connectivity index (χ0n) is 10.6. The third kappa shape index (κ3) is 2.84. The van der Waals surface area contributed by atoms with Crippen molar-refractivity contribution in [2.45, 2.75) is 13.3 Å². The first-order valence-electron chi connectivity index (χ1n) is 5.92. The molecule has 0 radical (unpaired) electrons. The normalized spacial score (nSPS) is 10.6. The van der Waals surface area contributed by atoms with Gasteiger partial charge in [-0.15, -0.1) is 0 Å². The van der Waals surface area contributed by atoms with Gasteiger partial charge in [-0.2, -0.15) is 0 Å². The van der Waals surface area contributed by atoms with Crippen LogP contribution in [0.3, 0.4) is 0 Å². The zero-order chi connectivity index (χ0) is 13.0. The molecule has 1 aromatic carbocycles. The van der Waals surface area contributed by atoms with E-state index >= 15 is 0 Å². The largest absolute Gasteiger partial charge is 0.424 e. The Balaban J connectivity index is 2.41. The molecule has 0 aliphatic heterocycles. The summed E-state index contributed by atoms with van der Waals surface area (Å²) in [5.41, 5.74) is 1.72. The second kappa shape index (κ2) is 5.60. The number of carbonyl (C=O) groups is 1. The van der Waals surface area contributed by atoms with Crippen molar-refractivity contribution in [3.8, 4) is 5.75 Å². The highest BCUT2D eigenvalue weighted by molar-refractivity contribution is 5.86. The van der Waals surface area contributed by atoms with E-state index in [2.05, 4.69) is 10.3 Å². The summed E-state index contributed by atoms with van der Waals surface area (Å²) in [5, 5.41) is 4.06. The number of nitrogens with one attached hydrogen (secondary N) is 1. The van der Waals surface area contributed by atoms with Crippen LogP contribution in [0.5, 0.6) is 5.75 Å². The molecule has 1 aromatic heterocycles. The van der Waals surface area contributed by atoms with Gasteiger partial charge in [0.1, 0.15) is 5.52 Å². The number of aromatic nitrogens is 1. The van der Waals surface area contributed by atoms with Gasteiger partial charge in [-0.3, -0.25) is 4.79 Å². The number of pyridine rings is 1. The van der Waals surface area contributed by atoms with Crippen molar-refractivity contribution < 1.29 is 9.53 Å². The highest BCUT2D eigenvalue weighted by Crippen LogP contribution is 2.24. The molecule has 4 nitrogen and oxygen atoms in total. The second-order valence-electron chi connectivity index (χ2n) is 4.08. The zero-order valence-corrected chi connectivity index (χ0v) is 10.6. The molecule has 0 aliphatic rings. The Bertz CT molecular complexity index is 567. The second-order valence-corrected chi connectivity index (χ2v) is 4.08. The number of hydrogen-bond donors (Lipinski definition) is 1. The minimum Gasteiger partial charge on any atom is -0.424 e. The molecule has 2 aromatic rings. The molecule has 0 atom stereocenters. The van der Waals surface area contributed by atoms with Crippen molar-refractivity contribution in [2.75, 3.05) is 13.6 Å². The molecule has 94 valence electrons. The fourth-order valence-corrected chi connectivity index (χ4v) is 1.79. The van der Waals surface area contributed by atoms with Crippen LogP contribution in [0.25, 0.3) is 10.9 Å². The molecule has 0 unspecified atom stereocenters. The molecule has 1 N–H and O–H groups in total. The Morgan fingerprint density at radius 1 is 1.33 bits per heavy atom. The van der Waals surface area contributed by atoms with Crippen LogP contribution >= 0.6 is 0 Å². The number of hydrogen-bond acceptors (Lipinski definition) is 4. The van der Waals surface area contributed by atoms with Gasteiger partial charge in [0.2, 0.25) is 0 Å². The summed E-state index contributed by atoms with van der Waals surface area (Å²) in [6, 6.07) is 9.57. The van der Waals surface area contributed by atoms with Crippen LogP contribution in [-0.4, -0.2) is 24.5 Å². The van der Waals surface area contributed by atoms with Crippen molar-refractivity contribution in [1.82, 2.24) is 10.3 Å². The third-order valence-electron chi connectivity index (χ3n) is 2.63. The first-order chi connectivity index (χ1) is 8.70. The number of para-hydroxylation sites is 1. The van der Waals surface area contributed by atoms with E-state index in [1.165, 1.54) is 6.92 Å². The molecular weight excluding hydrogens is 228 g/mol. The first-order valence-corrected chi connectivity index (χ1v) is 5.92. The van der Waals surface area contributed by atoms with Crippen molar-refractivity contribution >= 4 is 16.9 Å². The molecule has 0 saturated heterocycles. The Hall–Kier alpha value is -1.94. The molecule has 0 aliphatic carbocycles. The van der Waals surface area contributed by atoms with Crippen molar-refractivity contribution in [3.05, 3.63) is 36.0 Å². The minimum absolute atomic E-state index is 0.329. The number of fused-ring (bicyclic) bond motifs is 1. The lowest BCUT2D eigenvalue weighted by atomic mass is 10.1. The highest BCUT2D eigenvalue weighted by Gasteiger charge is 2.06. The van der Waals surface area contributed by atoms with Crippen LogP contribution in [0.4, 0.5) is 0 Å². The standard InChI is InChI=1S/C14H16N2O2/c1-10(17)18-13-5-3-4-11-6-7-12(8-9-15-2)16-14(11)13/h3-7,15H,8-9H2,1-2H3. The molecule has 2 rings (SSSR count). The van der Waals surface area contributed by atoms with E-state index in [-0.39, 0.29) is 5.97 Å². The molecule has 0 spiro atoms.